The summed E-state index contributed by atoms with van der Waals surface area (Å²) in [6.45, 7) is 2.80. The number of aromatic nitrogens is 3. The number of nitrogens with one attached hydrogen (secondary N) is 1. The number of hydrogen-bond acceptors (Lipinski definition) is 8. The van der Waals surface area contributed by atoms with Gasteiger partial charge in [-0.05, 0) is 37.8 Å². The Morgan fingerprint density at radius 3 is 2.81 bits per heavy atom. The summed E-state index contributed by atoms with van der Waals surface area (Å²) in [5, 5.41) is 12.4. The average Bonchev–Trinajstić information content (AvgIpc) is 3.36. The van der Waals surface area contributed by atoms with Gasteiger partial charge in [-0.15, -0.1) is 10.2 Å². The lowest BCUT2D eigenvalue weighted by Gasteiger charge is -2.31. The highest BCUT2D eigenvalue weighted by Gasteiger charge is 2.24. The molecular formula is C18H23N5O3S. The number of piperidine rings is 1. The second-order valence-corrected chi connectivity index (χ2v) is 7.78. The zero-order valence-corrected chi connectivity index (χ0v) is 15.9. The summed E-state index contributed by atoms with van der Waals surface area (Å²) in [5.74, 6) is 0.790. The molecule has 1 amide bonds. The van der Waals surface area contributed by atoms with Crippen LogP contribution in [0.5, 0.6) is 5.75 Å². The molecule has 2 aliphatic heterocycles. The number of carbonyl (C=O) groups is 1. The Bertz CT molecular complexity index is 742. The summed E-state index contributed by atoms with van der Waals surface area (Å²) in [7, 11) is 0. The quantitative estimate of drug-likeness (QED) is 0.810. The van der Waals surface area contributed by atoms with Crippen LogP contribution in [0, 0.1) is 0 Å². The Kier molecular flexibility index (Phi) is 5.90. The van der Waals surface area contributed by atoms with Crippen molar-refractivity contribution in [3.8, 4) is 5.75 Å². The molecule has 2 aromatic heterocycles. The predicted molar refractivity (Wildman–Crippen MR) is 101 cm³/mol. The van der Waals surface area contributed by atoms with E-state index in [1.807, 2.05) is 12.1 Å². The van der Waals surface area contributed by atoms with Gasteiger partial charge in [-0.2, -0.15) is 0 Å². The van der Waals surface area contributed by atoms with Crippen LogP contribution >= 0.6 is 11.3 Å². The average molecular weight is 389 g/mol. The molecule has 1 N–H and O–H groups in total. The molecule has 144 valence electrons. The predicted octanol–water partition coefficient (Wildman–Crippen LogP) is 2.27. The fourth-order valence-electron chi connectivity index (χ4n) is 3.34. The number of ether oxygens (including phenoxy) is 2. The summed E-state index contributed by atoms with van der Waals surface area (Å²) in [6.07, 6.45) is 7.50. The summed E-state index contributed by atoms with van der Waals surface area (Å²) in [5.41, 5.74) is 0. The summed E-state index contributed by atoms with van der Waals surface area (Å²) in [4.78, 5) is 18.4. The van der Waals surface area contributed by atoms with Crippen molar-refractivity contribution in [1.29, 1.82) is 0 Å². The minimum absolute atomic E-state index is 0.0348. The van der Waals surface area contributed by atoms with E-state index in [1.165, 1.54) is 11.3 Å². The first-order valence-corrected chi connectivity index (χ1v) is 10.1. The Labute approximate surface area is 161 Å². The number of carbonyl (C=O) groups excluding carboxylic acids is 1. The fraction of sp³-hybridized carbons (Fsp3) is 0.556. The van der Waals surface area contributed by atoms with Gasteiger partial charge in [0.15, 0.2) is 0 Å². The number of nitrogens with zero attached hydrogens (tertiary/aromatic N) is 4. The molecule has 8 nitrogen and oxygen atoms in total. The first-order valence-electron chi connectivity index (χ1n) is 9.30. The van der Waals surface area contributed by atoms with E-state index in [0.717, 1.165) is 56.1 Å². The standard InChI is InChI=1S/C18H23N5O3S/c24-16(20-18-22-21-17(27-18)15-2-1-11-25-15)12-23-9-5-14(6-10-23)26-13-3-7-19-8-4-13/h3-4,7-8,14-15H,1-2,5-6,9-12H2,(H,20,22,24). The first kappa shape index (κ1) is 18.3. The molecule has 0 saturated carbocycles. The molecule has 27 heavy (non-hydrogen) atoms. The van der Waals surface area contributed by atoms with Gasteiger partial charge in [-0.1, -0.05) is 11.3 Å². The van der Waals surface area contributed by atoms with Crippen LogP contribution in [0.25, 0.3) is 0 Å². The normalized spacial score (nSPS) is 21.3. The molecule has 1 unspecified atom stereocenters. The van der Waals surface area contributed by atoms with Crippen LogP contribution in [0.3, 0.4) is 0 Å². The second-order valence-electron chi connectivity index (χ2n) is 6.77. The van der Waals surface area contributed by atoms with Gasteiger partial charge in [0, 0.05) is 32.1 Å². The van der Waals surface area contributed by atoms with Crippen molar-refractivity contribution in [3.63, 3.8) is 0 Å². The molecule has 4 heterocycles. The number of pyridine rings is 1. The van der Waals surface area contributed by atoms with Gasteiger partial charge in [0.2, 0.25) is 11.0 Å². The molecular weight excluding hydrogens is 366 g/mol. The maximum absolute atomic E-state index is 12.3. The molecule has 4 rings (SSSR count). The van der Waals surface area contributed by atoms with Crippen LogP contribution in [0.1, 0.15) is 36.8 Å². The van der Waals surface area contributed by atoms with Crippen molar-refractivity contribution < 1.29 is 14.3 Å². The van der Waals surface area contributed by atoms with E-state index < -0.39 is 0 Å². The maximum Gasteiger partial charge on any atom is 0.240 e. The van der Waals surface area contributed by atoms with Gasteiger partial charge < -0.3 is 9.47 Å². The molecule has 2 saturated heterocycles. The molecule has 9 heteroatoms. The van der Waals surface area contributed by atoms with Gasteiger partial charge in [0.25, 0.3) is 0 Å². The van der Waals surface area contributed by atoms with Crippen LogP contribution in [0.2, 0.25) is 0 Å². The van der Waals surface area contributed by atoms with Gasteiger partial charge in [0.1, 0.15) is 23.0 Å². The molecule has 0 spiro atoms. The third-order valence-corrected chi connectivity index (χ3v) is 5.68. The van der Waals surface area contributed by atoms with Crippen molar-refractivity contribution in [3.05, 3.63) is 29.5 Å². The van der Waals surface area contributed by atoms with Gasteiger partial charge in [-0.25, -0.2) is 0 Å². The van der Waals surface area contributed by atoms with Crippen molar-refractivity contribution in [2.24, 2.45) is 0 Å². The minimum atomic E-state index is -0.0569. The van der Waals surface area contributed by atoms with Crippen molar-refractivity contribution in [1.82, 2.24) is 20.1 Å². The third kappa shape index (κ3) is 5.00. The fourth-order valence-corrected chi connectivity index (χ4v) is 4.19. The second kappa shape index (κ2) is 8.73. The van der Waals surface area contributed by atoms with E-state index in [9.17, 15) is 4.79 Å². The lowest BCUT2D eigenvalue weighted by atomic mass is 10.1. The molecule has 0 bridgehead atoms. The zero-order valence-electron chi connectivity index (χ0n) is 15.0. The SMILES string of the molecule is O=C(CN1CCC(Oc2ccncc2)CC1)Nc1nnc(C2CCCO2)s1. The summed E-state index contributed by atoms with van der Waals surface area (Å²) in [6, 6.07) is 3.74. The molecule has 0 aromatic carbocycles. The van der Waals surface area contributed by atoms with E-state index in [1.54, 1.807) is 12.4 Å². The highest BCUT2D eigenvalue weighted by atomic mass is 32.1. The monoisotopic (exact) mass is 389 g/mol. The van der Waals surface area contributed by atoms with Crippen molar-refractivity contribution >= 4 is 22.4 Å². The molecule has 0 radical (unpaired) electrons. The number of anilines is 1. The Morgan fingerprint density at radius 2 is 2.07 bits per heavy atom. The van der Waals surface area contributed by atoms with Crippen molar-refractivity contribution in [2.45, 2.75) is 37.9 Å². The zero-order chi connectivity index (χ0) is 18.5. The lowest BCUT2D eigenvalue weighted by molar-refractivity contribution is -0.117. The van der Waals surface area contributed by atoms with Crippen molar-refractivity contribution in [2.75, 3.05) is 31.6 Å². The molecule has 2 fully saturated rings. The van der Waals surface area contributed by atoms with Crippen LogP contribution in [0.15, 0.2) is 24.5 Å². The van der Waals surface area contributed by atoms with E-state index in [4.69, 9.17) is 9.47 Å². The van der Waals surface area contributed by atoms with Crippen LogP contribution in [-0.4, -0.2) is 58.3 Å². The van der Waals surface area contributed by atoms with E-state index in [0.29, 0.717) is 11.7 Å². The number of likely N-dealkylation sites (tertiary alicyclic amines) is 1. The van der Waals surface area contributed by atoms with Crippen LogP contribution in [-0.2, 0) is 9.53 Å². The Balaban J connectivity index is 1.20. The van der Waals surface area contributed by atoms with Gasteiger partial charge >= 0.3 is 0 Å². The molecule has 1 atom stereocenters. The van der Waals surface area contributed by atoms with Crippen LogP contribution < -0.4 is 10.1 Å². The highest BCUT2D eigenvalue weighted by Crippen LogP contribution is 2.31. The Morgan fingerprint density at radius 1 is 1.26 bits per heavy atom. The summed E-state index contributed by atoms with van der Waals surface area (Å²) >= 11 is 1.40. The lowest BCUT2D eigenvalue weighted by Crippen LogP contribution is -2.42. The largest absolute Gasteiger partial charge is 0.490 e. The van der Waals surface area contributed by atoms with Crippen LogP contribution in [0.4, 0.5) is 5.13 Å². The van der Waals surface area contributed by atoms with E-state index >= 15 is 0 Å². The third-order valence-electron chi connectivity index (χ3n) is 4.75. The first-order chi connectivity index (χ1) is 13.3. The molecule has 2 aromatic rings. The minimum Gasteiger partial charge on any atom is -0.490 e. The summed E-state index contributed by atoms with van der Waals surface area (Å²) < 4.78 is 11.6. The van der Waals surface area contributed by atoms with E-state index in [-0.39, 0.29) is 18.1 Å². The topological polar surface area (TPSA) is 89.5 Å². The molecule has 2 aliphatic rings. The van der Waals surface area contributed by atoms with Gasteiger partial charge in [-0.3, -0.25) is 20.0 Å². The number of amides is 1. The number of rotatable bonds is 6. The smallest absolute Gasteiger partial charge is 0.240 e. The van der Waals surface area contributed by atoms with Gasteiger partial charge in [0.05, 0.1) is 6.54 Å². The van der Waals surface area contributed by atoms with E-state index in [2.05, 4.69) is 25.4 Å². The number of hydrogen-bond donors (Lipinski definition) is 1. The molecule has 0 aliphatic carbocycles. The highest BCUT2D eigenvalue weighted by molar-refractivity contribution is 7.15. The maximum atomic E-state index is 12.3. The Hall–Kier alpha value is -2.10.